The number of aromatic nitrogens is 1. The van der Waals surface area contributed by atoms with E-state index in [2.05, 4.69) is 4.98 Å². The molecule has 0 saturated carbocycles. The SMILES string of the molecule is COc1cc(C)c(S(=O)(=O)N(Cc2ccc3[nH]ccc3c2)C(COC(C)(C)C)C(=O)NO)c(C)c1C. The Kier molecular flexibility index (Phi) is 8.14. The number of hydrogen-bond acceptors (Lipinski definition) is 6. The van der Waals surface area contributed by atoms with Gasteiger partial charge in [0.25, 0.3) is 5.91 Å². The van der Waals surface area contributed by atoms with E-state index in [1.165, 1.54) is 7.11 Å². The summed E-state index contributed by atoms with van der Waals surface area (Å²) in [5.74, 6) is -0.305. The lowest BCUT2D eigenvalue weighted by Crippen LogP contribution is -2.52. The number of methoxy groups -OCH3 is 1. The van der Waals surface area contributed by atoms with E-state index in [9.17, 15) is 18.4 Å². The first-order valence-electron chi connectivity index (χ1n) is 11.6. The van der Waals surface area contributed by atoms with Gasteiger partial charge < -0.3 is 14.5 Å². The van der Waals surface area contributed by atoms with Gasteiger partial charge in [0, 0.05) is 18.3 Å². The fourth-order valence-electron chi connectivity index (χ4n) is 4.18. The number of amides is 1. The Morgan fingerprint density at radius 1 is 1.14 bits per heavy atom. The van der Waals surface area contributed by atoms with Gasteiger partial charge >= 0.3 is 0 Å². The minimum absolute atomic E-state index is 0.0926. The van der Waals surface area contributed by atoms with Crippen molar-refractivity contribution in [1.82, 2.24) is 14.8 Å². The summed E-state index contributed by atoms with van der Waals surface area (Å²) in [4.78, 5) is 16.1. The second kappa shape index (κ2) is 10.6. The van der Waals surface area contributed by atoms with Crippen molar-refractivity contribution < 1.29 is 27.9 Å². The number of aromatic amines is 1. The van der Waals surface area contributed by atoms with E-state index in [1.54, 1.807) is 65.4 Å². The molecule has 0 saturated heterocycles. The zero-order valence-electron chi connectivity index (χ0n) is 21.8. The third-order valence-corrected chi connectivity index (χ3v) is 8.30. The van der Waals surface area contributed by atoms with Gasteiger partial charge in [-0.3, -0.25) is 10.0 Å². The monoisotopic (exact) mass is 517 g/mol. The maximum absolute atomic E-state index is 14.3. The maximum atomic E-state index is 14.3. The maximum Gasteiger partial charge on any atom is 0.264 e. The van der Waals surface area contributed by atoms with E-state index < -0.39 is 27.6 Å². The van der Waals surface area contributed by atoms with Crippen LogP contribution in [0.15, 0.2) is 41.4 Å². The predicted octanol–water partition coefficient (Wildman–Crippen LogP) is 3.98. The molecule has 2 aromatic carbocycles. The molecule has 3 N–H and O–H groups in total. The molecule has 3 aromatic rings. The number of sulfonamides is 1. The lowest BCUT2D eigenvalue weighted by Gasteiger charge is -2.32. The molecular weight excluding hydrogens is 482 g/mol. The summed E-state index contributed by atoms with van der Waals surface area (Å²) < 4.78 is 40.9. The molecule has 3 rings (SSSR count). The predicted molar refractivity (Wildman–Crippen MR) is 138 cm³/mol. The number of aryl methyl sites for hydroxylation is 1. The average molecular weight is 518 g/mol. The minimum atomic E-state index is -4.25. The van der Waals surface area contributed by atoms with Crippen LogP contribution in [0.3, 0.4) is 0 Å². The highest BCUT2D eigenvalue weighted by atomic mass is 32.2. The number of carbonyl (C=O) groups excluding carboxylic acids is 1. The van der Waals surface area contributed by atoms with E-state index in [0.29, 0.717) is 28.0 Å². The highest BCUT2D eigenvalue weighted by Crippen LogP contribution is 2.34. The number of rotatable bonds is 9. The standard InChI is InChI=1S/C26H35N3O6S/c1-16-12-23(34-7)17(2)18(3)24(16)36(32,33)29(22(25(30)28-31)15-35-26(4,5)6)14-19-8-9-21-20(13-19)10-11-27-21/h8-13,22,27,31H,14-15H2,1-7H3,(H,28,30). The first-order chi connectivity index (χ1) is 16.8. The summed E-state index contributed by atoms with van der Waals surface area (Å²) in [5.41, 5.74) is 4.27. The Bertz CT molecular complexity index is 1360. The first kappa shape index (κ1) is 27.7. The smallest absolute Gasteiger partial charge is 0.264 e. The minimum Gasteiger partial charge on any atom is -0.496 e. The summed E-state index contributed by atoms with van der Waals surface area (Å²) in [7, 11) is -2.72. The zero-order valence-corrected chi connectivity index (χ0v) is 22.6. The third kappa shape index (κ3) is 5.73. The van der Waals surface area contributed by atoms with Gasteiger partial charge in [0.2, 0.25) is 10.0 Å². The number of carbonyl (C=O) groups is 1. The molecule has 36 heavy (non-hydrogen) atoms. The van der Waals surface area contributed by atoms with E-state index in [0.717, 1.165) is 15.2 Å². The fraction of sp³-hybridized carbons (Fsp3) is 0.423. The average Bonchev–Trinajstić information content (AvgIpc) is 3.27. The van der Waals surface area contributed by atoms with Crippen LogP contribution < -0.4 is 10.2 Å². The van der Waals surface area contributed by atoms with Crippen molar-refractivity contribution in [3.8, 4) is 5.75 Å². The largest absolute Gasteiger partial charge is 0.496 e. The van der Waals surface area contributed by atoms with E-state index in [1.807, 2.05) is 18.2 Å². The molecule has 1 atom stereocenters. The first-order valence-corrected chi connectivity index (χ1v) is 13.0. The van der Waals surface area contributed by atoms with Gasteiger partial charge in [-0.2, -0.15) is 4.31 Å². The zero-order chi connectivity index (χ0) is 26.8. The van der Waals surface area contributed by atoms with Crippen molar-refractivity contribution in [3.63, 3.8) is 0 Å². The van der Waals surface area contributed by atoms with Gasteiger partial charge in [0.15, 0.2) is 0 Å². The van der Waals surface area contributed by atoms with Gasteiger partial charge in [0.1, 0.15) is 11.8 Å². The lowest BCUT2D eigenvalue weighted by atomic mass is 10.1. The number of benzene rings is 2. The summed E-state index contributed by atoms with van der Waals surface area (Å²) in [6, 6.07) is 7.76. The number of hydrogen-bond donors (Lipinski definition) is 3. The van der Waals surface area contributed by atoms with Crippen molar-refractivity contribution >= 4 is 26.8 Å². The highest BCUT2D eigenvalue weighted by Gasteiger charge is 2.39. The molecule has 1 aromatic heterocycles. The van der Waals surface area contributed by atoms with Crippen LogP contribution in [0, 0.1) is 20.8 Å². The van der Waals surface area contributed by atoms with Crippen LogP contribution in [0.2, 0.25) is 0 Å². The van der Waals surface area contributed by atoms with Crippen LogP contribution in [-0.2, 0) is 26.1 Å². The van der Waals surface area contributed by atoms with Gasteiger partial charge in [-0.15, -0.1) is 0 Å². The normalized spacial score (nSPS) is 13.2. The number of fused-ring (bicyclic) bond motifs is 1. The van der Waals surface area contributed by atoms with Crippen LogP contribution in [0.4, 0.5) is 0 Å². The molecular formula is C26H35N3O6S. The molecule has 196 valence electrons. The number of ether oxygens (including phenoxy) is 2. The molecule has 0 aliphatic heterocycles. The molecule has 0 radical (unpaired) electrons. The molecule has 0 bridgehead atoms. The van der Waals surface area contributed by atoms with E-state index in [4.69, 9.17) is 9.47 Å². The van der Waals surface area contributed by atoms with Crippen LogP contribution in [-0.4, -0.2) is 54.2 Å². The van der Waals surface area contributed by atoms with Crippen LogP contribution in [0.25, 0.3) is 10.9 Å². The molecule has 9 nitrogen and oxygen atoms in total. The second-order valence-corrected chi connectivity index (χ2v) is 11.7. The van der Waals surface area contributed by atoms with Crippen molar-refractivity contribution in [2.75, 3.05) is 13.7 Å². The summed E-state index contributed by atoms with van der Waals surface area (Å²) in [6.07, 6.45) is 1.80. The molecule has 0 aliphatic rings. The summed E-state index contributed by atoms with van der Waals surface area (Å²) in [5, 5.41) is 10.4. The van der Waals surface area contributed by atoms with Gasteiger partial charge in [-0.25, -0.2) is 13.9 Å². The fourth-order valence-corrected chi connectivity index (χ4v) is 6.24. The van der Waals surface area contributed by atoms with Crippen molar-refractivity contribution in [3.05, 3.63) is 58.8 Å². The molecule has 0 aliphatic carbocycles. The lowest BCUT2D eigenvalue weighted by molar-refractivity contribution is -0.137. The summed E-state index contributed by atoms with van der Waals surface area (Å²) >= 11 is 0. The van der Waals surface area contributed by atoms with Crippen molar-refractivity contribution in [2.24, 2.45) is 0 Å². The highest BCUT2D eigenvalue weighted by molar-refractivity contribution is 7.89. The molecule has 1 unspecified atom stereocenters. The molecule has 1 heterocycles. The quantitative estimate of drug-likeness (QED) is 0.292. The van der Waals surface area contributed by atoms with Crippen LogP contribution in [0.1, 0.15) is 43.0 Å². The Morgan fingerprint density at radius 3 is 2.44 bits per heavy atom. The number of hydroxylamine groups is 1. The van der Waals surface area contributed by atoms with E-state index in [-0.39, 0.29) is 18.0 Å². The summed E-state index contributed by atoms with van der Waals surface area (Å²) in [6.45, 7) is 10.3. The third-order valence-electron chi connectivity index (χ3n) is 6.16. The van der Waals surface area contributed by atoms with Gasteiger partial charge in [-0.1, -0.05) is 6.07 Å². The van der Waals surface area contributed by atoms with Gasteiger partial charge in [-0.05, 0) is 93.4 Å². The van der Waals surface area contributed by atoms with Crippen LogP contribution in [0.5, 0.6) is 5.75 Å². The Hall–Kier alpha value is -2.92. The van der Waals surface area contributed by atoms with Crippen molar-refractivity contribution in [2.45, 2.75) is 64.6 Å². The Balaban J connectivity index is 2.19. The second-order valence-electron chi connectivity index (χ2n) is 9.84. The van der Waals surface area contributed by atoms with Crippen molar-refractivity contribution in [1.29, 1.82) is 0 Å². The van der Waals surface area contributed by atoms with Gasteiger partial charge in [0.05, 0.1) is 24.2 Å². The van der Waals surface area contributed by atoms with Crippen LogP contribution >= 0.6 is 0 Å². The molecule has 0 spiro atoms. The Labute approximate surface area is 212 Å². The van der Waals surface area contributed by atoms with E-state index >= 15 is 0 Å². The topological polar surface area (TPSA) is 121 Å². The number of nitrogens with one attached hydrogen (secondary N) is 2. The number of nitrogens with zero attached hydrogens (tertiary/aromatic N) is 1. The molecule has 0 fully saturated rings. The molecule has 1 amide bonds. The Morgan fingerprint density at radius 2 is 1.83 bits per heavy atom. The number of H-pyrrole nitrogens is 1. The molecule has 10 heteroatoms.